The molecule has 0 aliphatic heterocycles. The van der Waals surface area contributed by atoms with Crippen LogP contribution >= 0.6 is 11.3 Å². The van der Waals surface area contributed by atoms with Gasteiger partial charge in [0.05, 0.1) is 17.9 Å². The van der Waals surface area contributed by atoms with Gasteiger partial charge in [-0.2, -0.15) is 0 Å². The van der Waals surface area contributed by atoms with E-state index < -0.39 is 0 Å². The molecule has 0 bridgehead atoms. The third-order valence-corrected chi connectivity index (χ3v) is 2.54. The summed E-state index contributed by atoms with van der Waals surface area (Å²) in [6.45, 7) is 8.17. The zero-order valence-corrected chi connectivity index (χ0v) is 11.4. The molecular weight excluding hydrogens is 236 g/mol. The maximum Gasteiger partial charge on any atom is 0.340 e. The van der Waals surface area contributed by atoms with Gasteiger partial charge in [-0.3, -0.25) is 0 Å². The molecule has 1 rings (SSSR count). The van der Waals surface area contributed by atoms with E-state index >= 15 is 0 Å². The molecule has 0 spiro atoms. The first kappa shape index (κ1) is 13.7. The first-order valence-corrected chi connectivity index (χ1v) is 6.33. The van der Waals surface area contributed by atoms with Crippen LogP contribution in [0.1, 0.15) is 33.4 Å². The maximum atomic E-state index is 11.9. The van der Waals surface area contributed by atoms with Crippen LogP contribution in [0.15, 0.2) is 11.5 Å². The molecule has 1 aromatic rings. The number of nitrogen functional groups attached to an aromatic ring is 1. The molecule has 0 saturated carbocycles. The van der Waals surface area contributed by atoms with E-state index in [1.807, 2.05) is 26.8 Å². The highest BCUT2D eigenvalue weighted by Crippen LogP contribution is 2.26. The number of rotatable bonds is 3. The van der Waals surface area contributed by atoms with Gasteiger partial charge < -0.3 is 10.5 Å². The molecule has 5 heteroatoms. The van der Waals surface area contributed by atoms with Crippen LogP contribution in [0.4, 0.5) is 5.13 Å². The van der Waals surface area contributed by atoms with Crippen LogP contribution in [0.3, 0.4) is 0 Å². The van der Waals surface area contributed by atoms with E-state index in [-0.39, 0.29) is 11.4 Å². The van der Waals surface area contributed by atoms with Gasteiger partial charge in [-0.1, -0.05) is 26.8 Å². The Morgan fingerprint density at radius 2 is 2.24 bits per heavy atom. The van der Waals surface area contributed by atoms with Crippen LogP contribution in [0.25, 0.3) is 5.57 Å². The molecule has 1 heterocycles. The number of nitrogens with zero attached hydrogens (tertiary/aromatic N) is 1. The molecule has 0 radical (unpaired) electrons. The van der Waals surface area contributed by atoms with Crippen LogP contribution in [-0.2, 0) is 9.53 Å². The monoisotopic (exact) mass is 254 g/mol. The first-order chi connectivity index (χ1) is 7.83. The predicted molar refractivity (Wildman–Crippen MR) is 70.6 cm³/mol. The highest BCUT2D eigenvalue weighted by molar-refractivity contribution is 7.13. The zero-order valence-electron chi connectivity index (χ0n) is 10.6. The lowest BCUT2D eigenvalue weighted by molar-refractivity contribution is -0.136. The Balaban J connectivity index is 3.12. The van der Waals surface area contributed by atoms with Crippen molar-refractivity contribution >= 4 is 28.0 Å². The first-order valence-electron chi connectivity index (χ1n) is 5.45. The molecule has 0 aromatic carbocycles. The Bertz CT molecular complexity index is 430. The molecular formula is C12H18N2O2S. The third kappa shape index (κ3) is 4.19. The Labute approximate surface area is 106 Å². The van der Waals surface area contributed by atoms with E-state index in [4.69, 9.17) is 10.5 Å². The number of aromatic nitrogens is 1. The van der Waals surface area contributed by atoms with Crippen molar-refractivity contribution in [2.45, 2.75) is 27.7 Å². The van der Waals surface area contributed by atoms with E-state index in [9.17, 15) is 4.79 Å². The topological polar surface area (TPSA) is 65.2 Å². The van der Waals surface area contributed by atoms with Crippen molar-refractivity contribution < 1.29 is 9.53 Å². The van der Waals surface area contributed by atoms with Crippen LogP contribution in [0.5, 0.6) is 0 Å². The number of thiazole rings is 1. The average molecular weight is 254 g/mol. The highest BCUT2D eigenvalue weighted by Gasteiger charge is 2.19. The second kappa shape index (κ2) is 5.31. The van der Waals surface area contributed by atoms with Gasteiger partial charge >= 0.3 is 5.97 Å². The average Bonchev–Trinajstić information content (AvgIpc) is 2.60. The van der Waals surface area contributed by atoms with Gasteiger partial charge in [0, 0.05) is 5.38 Å². The van der Waals surface area contributed by atoms with Gasteiger partial charge in [-0.25, -0.2) is 9.78 Å². The van der Waals surface area contributed by atoms with Crippen molar-refractivity contribution in [2.24, 2.45) is 5.41 Å². The standard InChI is InChI=1S/C12H18N2O2S/c1-5-16-10(15)8(6-12(2,3)4)9-7-17-11(13)14-9/h6-7H,5H2,1-4H3,(H2,13,14)/b8-6-. The van der Waals surface area contributed by atoms with Gasteiger partial charge in [0.15, 0.2) is 5.13 Å². The van der Waals surface area contributed by atoms with Gasteiger partial charge in [-0.05, 0) is 12.3 Å². The van der Waals surface area contributed by atoms with Crippen molar-refractivity contribution in [2.75, 3.05) is 12.3 Å². The molecule has 0 atom stereocenters. The van der Waals surface area contributed by atoms with Crippen molar-refractivity contribution in [3.05, 3.63) is 17.2 Å². The summed E-state index contributed by atoms with van der Waals surface area (Å²) in [5, 5.41) is 2.22. The molecule has 4 nitrogen and oxygen atoms in total. The summed E-state index contributed by atoms with van der Waals surface area (Å²) in [4.78, 5) is 16.0. The summed E-state index contributed by atoms with van der Waals surface area (Å²) in [5.74, 6) is -0.354. The fourth-order valence-electron chi connectivity index (χ4n) is 1.29. The van der Waals surface area contributed by atoms with Crippen molar-refractivity contribution in [1.82, 2.24) is 4.98 Å². The normalized spacial score (nSPS) is 12.6. The number of hydrogen-bond donors (Lipinski definition) is 1. The van der Waals surface area contributed by atoms with Gasteiger partial charge in [0.25, 0.3) is 0 Å². The Morgan fingerprint density at radius 1 is 1.59 bits per heavy atom. The van der Waals surface area contributed by atoms with Crippen molar-refractivity contribution in [3.63, 3.8) is 0 Å². The van der Waals surface area contributed by atoms with Crippen LogP contribution in [0.2, 0.25) is 0 Å². The SMILES string of the molecule is CCOC(=O)/C(=C\C(C)(C)C)c1csc(N)n1. The lowest BCUT2D eigenvalue weighted by Gasteiger charge is -2.14. The van der Waals surface area contributed by atoms with Gasteiger partial charge in [-0.15, -0.1) is 11.3 Å². The number of carbonyl (C=O) groups excluding carboxylic acids is 1. The van der Waals surface area contributed by atoms with Crippen LogP contribution < -0.4 is 5.73 Å². The summed E-state index contributed by atoms with van der Waals surface area (Å²) >= 11 is 1.31. The van der Waals surface area contributed by atoms with E-state index in [2.05, 4.69) is 4.98 Å². The molecule has 17 heavy (non-hydrogen) atoms. The Kier molecular flexibility index (Phi) is 4.28. The second-order valence-corrected chi connectivity index (χ2v) is 5.61. The summed E-state index contributed by atoms with van der Waals surface area (Å²) in [7, 11) is 0. The largest absolute Gasteiger partial charge is 0.462 e. The quantitative estimate of drug-likeness (QED) is 0.665. The van der Waals surface area contributed by atoms with E-state index in [0.29, 0.717) is 23.0 Å². The zero-order chi connectivity index (χ0) is 13.1. The molecule has 94 valence electrons. The minimum Gasteiger partial charge on any atom is -0.462 e. The Morgan fingerprint density at radius 3 is 2.65 bits per heavy atom. The predicted octanol–water partition coefficient (Wildman–Crippen LogP) is 2.72. The summed E-state index contributed by atoms with van der Waals surface area (Å²) in [6.07, 6.45) is 1.86. The number of hydrogen-bond acceptors (Lipinski definition) is 5. The maximum absolute atomic E-state index is 11.9. The third-order valence-electron chi connectivity index (χ3n) is 1.87. The van der Waals surface area contributed by atoms with Crippen LogP contribution in [0, 0.1) is 5.41 Å². The molecule has 0 fully saturated rings. The van der Waals surface area contributed by atoms with Crippen molar-refractivity contribution in [3.8, 4) is 0 Å². The van der Waals surface area contributed by atoms with Gasteiger partial charge in [0.1, 0.15) is 0 Å². The molecule has 1 aromatic heterocycles. The number of allylic oxidation sites excluding steroid dienone is 1. The van der Waals surface area contributed by atoms with E-state index in [1.165, 1.54) is 11.3 Å². The number of nitrogens with two attached hydrogens (primary N) is 1. The number of esters is 1. The number of ether oxygens (including phenoxy) is 1. The smallest absolute Gasteiger partial charge is 0.340 e. The molecule has 0 aliphatic rings. The molecule has 0 amide bonds. The van der Waals surface area contributed by atoms with Crippen molar-refractivity contribution in [1.29, 1.82) is 0 Å². The van der Waals surface area contributed by atoms with E-state index in [0.717, 1.165) is 0 Å². The Hall–Kier alpha value is -1.36. The summed E-state index contributed by atoms with van der Waals surface area (Å²) in [6, 6.07) is 0. The fraction of sp³-hybridized carbons (Fsp3) is 0.500. The fourth-order valence-corrected chi connectivity index (χ4v) is 1.85. The minimum atomic E-state index is -0.354. The van der Waals surface area contributed by atoms with Crippen LogP contribution in [-0.4, -0.2) is 17.6 Å². The summed E-state index contributed by atoms with van der Waals surface area (Å²) in [5.41, 5.74) is 6.52. The number of carbonyl (C=O) groups is 1. The lowest BCUT2D eigenvalue weighted by Crippen LogP contribution is -2.11. The minimum absolute atomic E-state index is 0.125. The molecule has 0 aliphatic carbocycles. The van der Waals surface area contributed by atoms with E-state index in [1.54, 1.807) is 12.3 Å². The summed E-state index contributed by atoms with van der Waals surface area (Å²) < 4.78 is 5.03. The highest BCUT2D eigenvalue weighted by atomic mass is 32.1. The molecule has 0 saturated heterocycles. The van der Waals surface area contributed by atoms with Gasteiger partial charge in [0.2, 0.25) is 0 Å². The second-order valence-electron chi connectivity index (χ2n) is 4.72. The lowest BCUT2D eigenvalue weighted by atomic mass is 9.92. The molecule has 2 N–H and O–H groups in total. The molecule has 0 unspecified atom stereocenters. The number of anilines is 1.